The van der Waals surface area contributed by atoms with E-state index in [0.717, 1.165) is 22.7 Å². The smallest absolute Gasteiger partial charge is 0.137 e. The van der Waals surface area contributed by atoms with Crippen LogP contribution in [0.5, 0.6) is 5.75 Å². The second-order valence-corrected chi connectivity index (χ2v) is 6.00. The maximum atomic E-state index is 12.2. The number of halogens is 1. The molecule has 2 aromatic heterocycles. The zero-order valence-electron chi connectivity index (χ0n) is 15.7. The Labute approximate surface area is 163 Å². The highest BCUT2D eigenvalue weighted by molar-refractivity contribution is 5.84. The topological polar surface area (TPSA) is 76.2 Å². The average Bonchev–Trinajstić information content (AvgIpc) is 3.02. The lowest BCUT2D eigenvalue weighted by Crippen LogP contribution is -1.98. The molecule has 1 N–H and O–H groups in total. The zero-order valence-corrected chi connectivity index (χ0v) is 15.7. The number of nitrogens with one attached hydrogen (secondary N) is 1. The Hall–Kier alpha value is -3.35. The molecule has 6 nitrogen and oxygen atoms in total. The van der Waals surface area contributed by atoms with E-state index in [9.17, 15) is 4.39 Å². The Morgan fingerprint density at radius 1 is 1.39 bits per heavy atom. The van der Waals surface area contributed by atoms with Gasteiger partial charge >= 0.3 is 0 Å². The first-order chi connectivity index (χ1) is 13.7. The van der Waals surface area contributed by atoms with Crippen LogP contribution in [0.2, 0.25) is 0 Å². The van der Waals surface area contributed by atoms with Gasteiger partial charge in [0.1, 0.15) is 30.5 Å². The highest BCUT2D eigenvalue weighted by Gasteiger charge is 2.12. The van der Waals surface area contributed by atoms with Crippen LogP contribution in [0.25, 0.3) is 23.7 Å². The summed E-state index contributed by atoms with van der Waals surface area (Å²) in [4.78, 5) is 13.2. The minimum absolute atomic E-state index is 0.0185. The number of alkyl halides is 1. The summed E-state index contributed by atoms with van der Waals surface area (Å²) in [6.45, 7) is 1.90. The molecule has 0 unspecified atom stereocenters. The number of hydrogen-bond acceptors (Lipinski definition) is 5. The fourth-order valence-electron chi connectivity index (χ4n) is 2.78. The molecule has 2 aromatic rings. The van der Waals surface area contributed by atoms with Gasteiger partial charge in [0.2, 0.25) is 0 Å². The molecule has 0 saturated heterocycles. The molecule has 0 bridgehead atoms. The van der Waals surface area contributed by atoms with Crippen LogP contribution in [0.15, 0.2) is 52.8 Å². The molecule has 28 heavy (non-hydrogen) atoms. The van der Waals surface area contributed by atoms with E-state index in [4.69, 9.17) is 10.1 Å². The summed E-state index contributed by atoms with van der Waals surface area (Å²) in [7, 11) is 0. The number of rotatable bonds is 8. The molecule has 0 fully saturated rings. The minimum atomic E-state index is -0.534. The summed E-state index contributed by atoms with van der Waals surface area (Å²) < 4.78 is 19.3. The Bertz CT molecular complexity index is 938. The van der Waals surface area contributed by atoms with E-state index < -0.39 is 6.67 Å². The molecule has 0 spiro atoms. The van der Waals surface area contributed by atoms with Crippen molar-refractivity contribution in [1.29, 1.82) is 5.41 Å². The summed E-state index contributed by atoms with van der Waals surface area (Å²) in [5.74, 6) is 1.32. The predicted molar refractivity (Wildman–Crippen MR) is 111 cm³/mol. The molecule has 1 aliphatic heterocycles. The first-order valence-electron chi connectivity index (χ1n) is 9.02. The fourth-order valence-corrected chi connectivity index (χ4v) is 2.78. The summed E-state index contributed by atoms with van der Waals surface area (Å²) >= 11 is 0. The molecule has 3 rings (SSSR count). The van der Waals surface area contributed by atoms with Gasteiger partial charge in [0.05, 0.1) is 18.4 Å². The number of ether oxygens (including phenoxy) is 1. The lowest BCUT2D eigenvalue weighted by Gasteiger charge is -2.05. The van der Waals surface area contributed by atoms with Gasteiger partial charge in [-0.2, -0.15) is 0 Å². The van der Waals surface area contributed by atoms with Crippen molar-refractivity contribution >= 4 is 24.7 Å². The summed E-state index contributed by atoms with van der Waals surface area (Å²) in [6, 6.07) is 3.56. The van der Waals surface area contributed by atoms with Gasteiger partial charge < -0.3 is 14.7 Å². The molecule has 0 radical (unpaired) electrons. The van der Waals surface area contributed by atoms with Crippen molar-refractivity contribution in [2.45, 2.75) is 13.3 Å². The van der Waals surface area contributed by atoms with E-state index in [2.05, 4.69) is 15.0 Å². The average molecular weight is 379 g/mol. The molecule has 3 heterocycles. The normalized spacial score (nSPS) is 13.9. The van der Waals surface area contributed by atoms with Crippen molar-refractivity contribution in [3.8, 4) is 17.1 Å². The van der Waals surface area contributed by atoms with Crippen LogP contribution in [0, 0.1) is 5.41 Å². The van der Waals surface area contributed by atoms with Crippen LogP contribution in [-0.2, 0) is 0 Å². The lowest BCUT2D eigenvalue weighted by atomic mass is 10.0. The number of imidazole rings is 1. The SMILES string of the molecule is C/C=N\C/C=C(\C=N)C1=Cn2cc(-c3ccc(OCCF)cn3)nc2C=CC1. The fraction of sp³-hybridized carbons (Fsp3) is 0.238. The van der Waals surface area contributed by atoms with Crippen molar-refractivity contribution in [3.05, 3.63) is 53.6 Å². The highest BCUT2D eigenvalue weighted by Crippen LogP contribution is 2.24. The molecule has 0 saturated carbocycles. The largest absolute Gasteiger partial charge is 0.489 e. The third-order valence-corrected chi connectivity index (χ3v) is 4.13. The van der Waals surface area contributed by atoms with E-state index in [-0.39, 0.29) is 6.61 Å². The van der Waals surface area contributed by atoms with Crippen LogP contribution in [-0.4, -0.2) is 46.8 Å². The third kappa shape index (κ3) is 4.68. The van der Waals surface area contributed by atoms with Crippen LogP contribution in [0.3, 0.4) is 0 Å². The molecule has 7 heteroatoms. The van der Waals surface area contributed by atoms with Gasteiger partial charge in [-0.05, 0) is 48.9 Å². The van der Waals surface area contributed by atoms with E-state index in [0.29, 0.717) is 24.4 Å². The molecule has 0 aliphatic carbocycles. The standard InChI is InChI=1S/C21H22FN5O/c1-2-24-10-8-16(12-23)17-4-3-5-21-26-20(15-27(21)14-17)19-7-6-18(13-25-19)28-11-9-22/h2-3,5-8,12-15,23H,4,9-11H2,1H3/b16-8+,23-12?,24-2-. The number of nitrogens with zero attached hydrogens (tertiary/aromatic N) is 4. The second kappa shape index (κ2) is 9.55. The number of aliphatic imine (C=N–C) groups is 1. The quantitative estimate of drug-likeness (QED) is 0.698. The Morgan fingerprint density at radius 2 is 2.29 bits per heavy atom. The van der Waals surface area contributed by atoms with E-state index in [1.807, 2.05) is 42.1 Å². The Morgan fingerprint density at radius 3 is 3.00 bits per heavy atom. The maximum absolute atomic E-state index is 12.2. The summed E-state index contributed by atoms with van der Waals surface area (Å²) in [5.41, 5.74) is 3.29. The number of pyridine rings is 1. The van der Waals surface area contributed by atoms with Gasteiger partial charge in [0, 0.05) is 18.6 Å². The van der Waals surface area contributed by atoms with Crippen LogP contribution in [0.4, 0.5) is 4.39 Å². The van der Waals surface area contributed by atoms with E-state index in [1.165, 1.54) is 6.21 Å². The van der Waals surface area contributed by atoms with Gasteiger partial charge in [0.15, 0.2) is 0 Å². The Balaban J connectivity index is 1.86. The molecule has 1 aliphatic rings. The monoisotopic (exact) mass is 379 g/mol. The molecular weight excluding hydrogens is 357 g/mol. The minimum Gasteiger partial charge on any atom is -0.489 e. The molecule has 144 valence electrons. The number of aromatic nitrogens is 3. The van der Waals surface area contributed by atoms with Gasteiger partial charge in [0.25, 0.3) is 0 Å². The lowest BCUT2D eigenvalue weighted by molar-refractivity contribution is 0.272. The van der Waals surface area contributed by atoms with E-state index in [1.54, 1.807) is 24.5 Å². The molecule has 0 atom stereocenters. The van der Waals surface area contributed by atoms with Crippen LogP contribution < -0.4 is 4.74 Å². The van der Waals surface area contributed by atoms with Gasteiger partial charge in [-0.15, -0.1) is 0 Å². The van der Waals surface area contributed by atoms with Crippen molar-refractivity contribution < 1.29 is 9.13 Å². The van der Waals surface area contributed by atoms with E-state index >= 15 is 0 Å². The molecule has 0 aromatic carbocycles. The maximum Gasteiger partial charge on any atom is 0.137 e. The number of fused-ring (bicyclic) bond motifs is 1. The first-order valence-corrected chi connectivity index (χ1v) is 9.02. The van der Waals surface area contributed by atoms with Crippen LogP contribution in [0.1, 0.15) is 19.2 Å². The van der Waals surface area contributed by atoms with Crippen molar-refractivity contribution in [1.82, 2.24) is 14.5 Å². The zero-order chi connectivity index (χ0) is 19.8. The predicted octanol–water partition coefficient (Wildman–Crippen LogP) is 4.22. The van der Waals surface area contributed by atoms with Crippen molar-refractivity contribution in [3.63, 3.8) is 0 Å². The van der Waals surface area contributed by atoms with Gasteiger partial charge in [-0.3, -0.25) is 9.98 Å². The highest BCUT2D eigenvalue weighted by atomic mass is 19.1. The molecule has 0 amide bonds. The van der Waals surface area contributed by atoms with Crippen molar-refractivity contribution in [2.24, 2.45) is 4.99 Å². The number of allylic oxidation sites excluding steroid dienone is 3. The first kappa shape index (κ1) is 19.4. The van der Waals surface area contributed by atoms with Crippen molar-refractivity contribution in [2.75, 3.05) is 19.8 Å². The van der Waals surface area contributed by atoms with Crippen LogP contribution >= 0.6 is 0 Å². The Kier molecular flexibility index (Phi) is 6.62. The summed E-state index contributed by atoms with van der Waals surface area (Å²) in [6.07, 6.45) is 15.2. The second-order valence-electron chi connectivity index (χ2n) is 6.00. The van der Waals surface area contributed by atoms with Gasteiger partial charge in [-0.1, -0.05) is 12.2 Å². The number of hydrogen-bond donors (Lipinski definition) is 1. The summed E-state index contributed by atoms with van der Waals surface area (Å²) in [5, 5.41) is 7.71. The molecular formula is C21H22FN5O. The van der Waals surface area contributed by atoms with Gasteiger partial charge in [-0.25, -0.2) is 9.37 Å². The third-order valence-electron chi connectivity index (χ3n) is 4.13.